The third-order valence-electron chi connectivity index (χ3n) is 2.32. The maximum Gasteiger partial charge on any atom is 0.208 e. The predicted molar refractivity (Wildman–Crippen MR) is 83.0 cm³/mol. The quantitative estimate of drug-likeness (QED) is 0.538. The van der Waals surface area contributed by atoms with Gasteiger partial charge < -0.3 is 10.1 Å². The van der Waals surface area contributed by atoms with E-state index in [9.17, 15) is 8.42 Å². The standard InChI is InChI=1S/C13H17BrN2O3S/c1-3-8-19-13-5-4-12(14)9-11(13)10-15-6-7-16-20(2,17)18/h1,4-5,9,15-16H,6-8,10H2,2H3. The number of nitrogens with one attached hydrogen (secondary N) is 2. The van der Waals surface area contributed by atoms with Crippen LogP contribution in [0.3, 0.4) is 0 Å². The molecule has 1 aromatic rings. The van der Waals surface area contributed by atoms with Gasteiger partial charge in [-0.3, -0.25) is 0 Å². The second kappa shape index (κ2) is 8.27. The van der Waals surface area contributed by atoms with Crippen molar-refractivity contribution in [3.63, 3.8) is 0 Å². The maximum absolute atomic E-state index is 10.9. The largest absolute Gasteiger partial charge is 0.481 e. The SMILES string of the molecule is C#CCOc1ccc(Br)cc1CNCCNS(C)(=O)=O. The van der Waals surface area contributed by atoms with Crippen LogP contribution in [-0.2, 0) is 16.6 Å². The van der Waals surface area contributed by atoms with Crippen molar-refractivity contribution < 1.29 is 13.2 Å². The van der Waals surface area contributed by atoms with E-state index in [1.807, 2.05) is 18.2 Å². The van der Waals surface area contributed by atoms with Crippen LogP contribution in [0.5, 0.6) is 5.75 Å². The minimum absolute atomic E-state index is 0.213. The van der Waals surface area contributed by atoms with E-state index >= 15 is 0 Å². The summed E-state index contributed by atoms with van der Waals surface area (Å²) in [5.74, 6) is 3.14. The molecule has 0 fully saturated rings. The first-order valence-electron chi connectivity index (χ1n) is 5.92. The Kier molecular flexibility index (Phi) is 7.02. The second-order valence-electron chi connectivity index (χ2n) is 4.09. The summed E-state index contributed by atoms with van der Waals surface area (Å²) in [5, 5.41) is 3.14. The molecule has 0 heterocycles. The van der Waals surface area contributed by atoms with Crippen molar-refractivity contribution in [2.24, 2.45) is 0 Å². The normalized spacial score (nSPS) is 11.1. The fraction of sp³-hybridized carbons (Fsp3) is 0.385. The molecule has 0 aromatic heterocycles. The lowest BCUT2D eigenvalue weighted by Gasteiger charge is -2.11. The third kappa shape index (κ3) is 6.91. The average Bonchev–Trinajstić information content (AvgIpc) is 2.36. The van der Waals surface area contributed by atoms with Crippen LogP contribution in [0.2, 0.25) is 0 Å². The van der Waals surface area contributed by atoms with E-state index in [0.717, 1.165) is 22.0 Å². The Hall–Kier alpha value is -1.07. The van der Waals surface area contributed by atoms with E-state index in [1.165, 1.54) is 0 Å². The highest BCUT2D eigenvalue weighted by molar-refractivity contribution is 9.10. The lowest BCUT2D eigenvalue weighted by atomic mass is 10.2. The summed E-state index contributed by atoms with van der Waals surface area (Å²) in [6.07, 6.45) is 6.30. The van der Waals surface area contributed by atoms with Crippen LogP contribution in [0.15, 0.2) is 22.7 Å². The Balaban J connectivity index is 2.50. The number of benzene rings is 1. The van der Waals surface area contributed by atoms with E-state index in [1.54, 1.807) is 0 Å². The summed E-state index contributed by atoms with van der Waals surface area (Å²) in [6.45, 7) is 1.64. The Bertz CT molecular complexity index is 582. The molecule has 0 bridgehead atoms. The summed E-state index contributed by atoms with van der Waals surface area (Å²) < 4.78 is 30.6. The van der Waals surface area contributed by atoms with Crippen LogP contribution in [0.1, 0.15) is 5.56 Å². The predicted octanol–water partition coefficient (Wildman–Crippen LogP) is 1.10. The van der Waals surface area contributed by atoms with Crippen molar-refractivity contribution in [3.05, 3.63) is 28.2 Å². The summed E-state index contributed by atoms with van der Waals surface area (Å²) in [6, 6.07) is 5.65. The van der Waals surface area contributed by atoms with Gasteiger partial charge in [-0.15, -0.1) is 6.42 Å². The van der Waals surface area contributed by atoms with E-state index < -0.39 is 10.0 Å². The number of sulfonamides is 1. The molecule has 110 valence electrons. The zero-order valence-electron chi connectivity index (χ0n) is 11.1. The van der Waals surface area contributed by atoms with E-state index in [0.29, 0.717) is 19.6 Å². The highest BCUT2D eigenvalue weighted by atomic mass is 79.9. The summed E-state index contributed by atoms with van der Waals surface area (Å²) >= 11 is 3.40. The molecular weight excluding hydrogens is 344 g/mol. The van der Waals surface area contributed by atoms with Crippen LogP contribution >= 0.6 is 15.9 Å². The van der Waals surface area contributed by atoms with Crippen molar-refractivity contribution in [1.29, 1.82) is 0 Å². The minimum Gasteiger partial charge on any atom is -0.481 e. The Morgan fingerprint density at radius 1 is 1.40 bits per heavy atom. The van der Waals surface area contributed by atoms with Gasteiger partial charge in [0, 0.05) is 29.7 Å². The van der Waals surface area contributed by atoms with Gasteiger partial charge in [0.15, 0.2) is 0 Å². The van der Waals surface area contributed by atoms with E-state index in [-0.39, 0.29) is 6.61 Å². The van der Waals surface area contributed by atoms with Crippen molar-refractivity contribution >= 4 is 26.0 Å². The zero-order valence-corrected chi connectivity index (χ0v) is 13.6. The minimum atomic E-state index is -3.14. The Morgan fingerprint density at radius 2 is 2.15 bits per heavy atom. The molecule has 0 radical (unpaired) electrons. The highest BCUT2D eigenvalue weighted by Crippen LogP contribution is 2.23. The van der Waals surface area contributed by atoms with Crippen LogP contribution in [-0.4, -0.2) is 34.4 Å². The summed E-state index contributed by atoms with van der Waals surface area (Å²) in [7, 11) is -3.14. The summed E-state index contributed by atoms with van der Waals surface area (Å²) in [4.78, 5) is 0. The molecule has 0 aliphatic rings. The molecule has 7 heteroatoms. The van der Waals surface area contributed by atoms with Gasteiger partial charge in [-0.25, -0.2) is 13.1 Å². The number of ether oxygens (including phenoxy) is 1. The number of terminal acetylenes is 1. The van der Waals surface area contributed by atoms with Gasteiger partial charge in [-0.05, 0) is 18.2 Å². The molecule has 0 aliphatic carbocycles. The fourth-order valence-electron chi connectivity index (χ4n) is 1.49. The van der Waals surface area contributed by atoms with Crippen LogP contribution in [0, 0.1) is 12.3 Å². The second-order valence-corrected chi connectivity index (χ2v) is 6.84. The lowest BCUT2D eigenvalue weighted by Crippen LogP contribution is -2.30. The molecule has 0 saturated carbocycles. The molecule has 1 aromatic carbocycles. The topological polar surface area (TPSA) is 67.4 Å². The highest BCUT2D eigenvalue weighted by Gasteiger charge is 2.05. The Morgan fingerprint density at radius 3 is 2.80 bits per heavy atom. The van der Waals surface area contributed by atoms with Crippen molar-refractivity contribution in [2.45, 2.75) is 6.54 Å². The number of halogens is 1. The van der Waals surface area contributed by atoms with Crippen molar-refractivity contribution in [2.75, 3.05) is 26.0 Å². The van der Waals surface area contributed by atoms with Gasteiger partial charge in [0.2, 0.25) is 10.0 Å². The monoisotopic (exact) mass is 360 g/mol. The van der Waals surface area contributed by atoms with E-state index in [4.69, 9.17) is 11.2 Å². The van der Waals surface area contributed by atoms with Gasteiger partial charge in [0.05, 0.1) is 6.26 Å². The number of rotatable bonds is 8. The molecule has 1 rings (SSSR count). The molecule has 0 amide bonds. The third-order valence-corrected chi connectivity index (χ3v) is 3.54. The lowest BCUT2D eigenvalue weighted by molar-refractivity contribution is 0.365. The zero-order chi connectivity index (χ0) is 15.0. The summed E-state index contributed by atoms with van der Waals surface area (Å²) in [5.41, 5.74) is 0.953. The first kappa shape index (κ1) is 17.0. The molecule has 0 aliphatic heterocycles. The molecular formula is C13H17BrN2O3S. The van der Waals surface area contributed by atoms with E-state index in [2.05, 4.69) is 31.9 Å². The molecule has 0 unspecified atom stereocenters. The maximum atomic E-state index is 10.9. The van der Waals surface area contributed by atoms with Crippen LogP contribution in [0.25, 0.3) is 0 Å². The van der Waals surface area contributed by atoms with Crippen LogP contribution in [0.4, 0.5) is 0 Å². The van der Waals surface area contributed by atoms with Crippen molar-refractivity contribution in [1.82, 2.24) is 10.0 Å². The average molecular weight is 361 g/mol. The van der Waals surface area contributed by atoms with Gasteiger partial charge in [0.1, 0.15) is 12.4 Å². The number of hydrogen-bond acceptors (Lipinski definition) is 4. The molecule has 0 spiro atoms. The van der Waals surface area contributed by atoms with Crippen LogP contribution < -0.4 is 14.8 Å². The van der Waals surface area contributed by atoms with Gasteiger partial charge in [-0.2, -0.15) is 0 Å². The van der Waals surface area contributed by atoms with Gasteiger partial charge in [-0.1, -0.05) is 21.9 Å². The molecule has 2 N–H and O–H groups in total. The van der Waals surface area contributed by atoms with Gasteiger partial charge >= 0.3 is 0 Å². The Labute approximate surface area is 128 Å². The molecule has 5 nitrogen and oxygen atoms in total. The van der Waals surface area contributed by atoms with Gasteiger partial charge in [0.25, 0.3) is 0 Å². The smallest absolute Gasteiger partial charge is 0.208 e. The molecule has 0 saturated heterocycles. The molecule has 0 atom stereocenters. The molecule has 20 heavy (non-hydrogen) atoms. The number of hydrogen-bond donors (Lipinski definition) is 2. The fourth-order valence-corrected chi connectivity index (χ4v) is 2.38. The van der Waals surface area contributed by atoms with Crippen molar-refractivity contribution in [3.8, 4) is 18.1 Å². The first-order valence-corrected chi connectivity index (χ1v) is 8.61. The first-order chi connectivity index (χ1) is 9.42.